The van der Waals surface area contributed by atoms with Gasteiger partial charge in [0, 0.05) is 18.9 Å². The van der Waals surface area contributed by atoms with Gasteiger partial charge in [-0.05, 0) is 37.1 Å². The fourth-order valence-electron chi connectivity index (χ4n) is 1.52. The van der Waals surface area contributed by atoms with Gasteiger partial charge in [-0.3, -0.25) is 4.57 Å². The van der Waals surface area contributed by atoms with Gasteiger partial charge in [-0.25, -0.2) is 9.97 Å². The van der Waals surface area contributed by atoms with Crippen LogP contribution >= 0.6 is 23.3 Å². The fraction of sp³-hybridized carbons (Fsp3) is 0.273. The molecule has 0 unspecified atom stereocenters. The van der Waals surface area contributed by atoms with E-state index in [1.54, 1.807) is 23.3 Å². The van der Waals surface area contributed by atoms with Crippen LogP contribution in [0.5, 0.6) is 0 Å². The summed E-state index contributed by atoms with van der Waals surface area (Å²) < 4.78 is 6.69. The minimum Gasteiger partial charge on any atom is -0.354 e. The molecule has 10 heteroatoms. The highest BCUT2D eigenvalue weighted by Gasteiger charge is 2.11. The van der Waals surface area contributed by atoms with Gasteiger partial charge in [-0.1, -0.05) is 0 Å². The van der Waals surface area contributed by atoms with Crippen LogP contribution in [0.25, 0.3) is 5.95 Å². The molecule has 0 aliphatic heterocycles. The number of anilines is 1. The highest BCUT2D eigenvalue weighted by atomic mass is 32.2. The van der Waals surface area contributed by atoms with Gasteiger partial charge in [-0.2, -0.15) is 19.3 Å². The predicted molar refractivity (Wildman–Crippen MR) is 79.9 cm³/mol. The largest absolute Gasteiger partial charge is 0.354 e. The molecule has 0 saturated carbocycles. The van der Waals surface area contributed by atoms with Crippen molar-refractivity contribution >= 4 is 29.2 Å². The van der Waals surface area contributed by atoms with Crippen molar-refractivity contribution in [2.75, 3.05) is 11.9 Å². The minimum atomic E-state index is 0.516. The lowest BCUT2D eigenvalue weighted by Crippen LogP contribution is -2.08. The average molecular weight is 320 g/mol. The standard InChI is InChI=1S/C11H12N8S2/c1-3-13-8-15-9(19-5-4-12-6-19)17-10(16-8)20-11-14-7(2)18-21-11/h4-6H,3H2,1-2H3,(H,13,15,16,17). The van der Waals surface area contributed by atoms with E-state index in [1.165, 1.54) is 23.3 Å². The molecule has 0 amide bonds. The van der Waals surface area contributed by atoms with E-state index < -0.39 is 0 Å². The van der Waals surface area contributed by atoms with E-state index in [1.807, 2.05) is 13.8 Å². The van der Waals surface area contributed by atoms with Crippen molar-refractivity contribution in [1.29, 1.82) is 0 Å². The summed E-state index contributed by atoms with van der Waals surface area (Å²) in [5, 5.41) is 3.67. The number of nitrogens with one attached hydrogen (secondary N) is 1. The van der Waals surface area contributed by atoms with Gasteiger partial charge in [0.25, 0.3) is 0 Å². The summed E-state index contributed by atoms with van der Waals surface area (Å²) >= 11 is 2.70. The molecule has 21 heavy (non-hydrogen) atoms. The quantitative estimate of drug-likeness (QED) is 0.760. The molecule has 0 atom stereocenters. The Bertz CT molecular complexity index is 724. The molecule has 3 aromatic rings. The smallest absolute Gasteiger partial charge is 0.240 e. The first-order chi connectivity index (χ1) is 10.2. The van der Waals surface area contributed by atoms with Crippen molar-refractivity contribution in [3.05, 3.63) is 24.5 Å². The molecular formula is C11H12N8S2. The monoisotopic (exact) mass is 320 g/mol. The highest BCUT2D eigenvalue weighted by molar-refractivity contribution is 8.00. The Morgan fingerprint density at radius 2 is 2.19 bits per heavy atom. The summed E-state index contributed by atoms with van der Waals surface area (Å²) in [6.45, 7) is 4.58. The zero-order valence-electron chi connectivity index (χ0n) is 11.4. The molecule has 108 valence electrons. The van der Waals surface area contributed by atoms with Crippen molar-refractivity contribution in [1.82, 2.24) is 33.9 Å². The molecular weight excluding hydrogens is 308 g/mol. The third-order valence-electron chi connectivity index (χ3n) is 2.36. The average Bonchev–Trinajstić information content (AvgIpc) is 3.11. The highest BCUT2D eigenvalue weighted by Crippen LogP contribution is 2.26. The van der Waals surface area contributed by atoms with Crippen molar-refractivity contribution in [2.45, 2.75) is 23.3 Å². The third kappa shape index (κ3) is 3.34. The Morgan fingerprint density at radius 1 is 1.29 bits per heavy atom. The Balaban J connectivity index is 1.95. The van der Waals surface area contributed by atoms with Gasteiger partial charge < -0.3 is 5.32 Å². The lowest BCUT2D eigenvalue weighted by molar-refractivity contribution is 0.823. The van der Waals surface area contributed by atoms with Crippen LogP contribution in [0.1, 0.15) is 12.7 Å². The number of imidazole rings is 1. The number of aryl methyl sites for hydroxylation is 1. The maximum absolute atomic E-state index is 4.43. The summed E-state index contributed by atoms with van der Waals surface area (Å²) in [6, 6.07) is 0. The summed E-state index contributed by atoms with van der Waals surface area (Å²) in [7, 11) is 0. The van der Waals surface area contributed by atoms with Crippen LogP contribution in [0, 0.1) is 6.92 Å². The van der Waals surface area contributed by atoms with Gasteiger partial charge in [-0.15, -0.1) is 0 Å². The molecule has 1 N–H and O–H groups in total. The topological polar surface area (TPSA) is 94.3 Å². The number of rotatable bonds is 5. The van der Waals surface area contributed by atoms with Gasteiger partial charge in [0.15, 0.2) is 4.34 Å². The lowest BCUT2D eigenvalue weighted by atomic mass is 10.7. The SMILES string of the molecule is CCNc1nc(Sc2nc(C)ns2)nc(-n2ccnc2)n1. The maximum atomic E-state index is 4.43. The molecule has 0 bridgehead atoms. The molecule has 0 spiro atoms. The molecule has 0 saturated heterocycles. The normalized spacial score (nSPS) is 10.8. The van der Waals surface area contributed by atoms with Gasteiger partial charge >= 0.3 is 0 Å². The molecule has 3 aromatic heterocycles. The van der Waals surface area contributed by atoms with E-state index in [-0.39, 0.29) is 0 Å². The Kier molecular flexibility index (Phi) is 4.06. The summed E-state index contributed by atoms with van der Waals surface area (Å²) in [5.74, 6) is 1.79. The Hall–Kier alpha value is -2.07. The fourth-order valence-corrected chi connectivity index (χ4v) is 3.02. The summed E-state index contributed by atoms with van der Waals surface area (Å²) in [4.78, 5) is 21.5. The minimum absolute atomic E-state index is 0.516. The predicted octanol–water partition coefficient (Wildman–Crippen LogP) is 1.80. The third-order valence-corrected chi connectivity index (χ3v) is 4.07. The van der Waals surface area contributed by atoms with Gasteiger partial charge in [0.1, 0.15) is 12.2 Å². The van der Waals surface area contributed by atoms with Crippen LogP contribution < -0.4 is 5.32 Å². The number of nitrogens with zero attached hydrogens (tertiary/aromatic N) is 7. The van der Waals surface area contributed by atoms with E-state index >= 15 is 0 Å². The molecule has 8 nitrogen and oxygen atoms in total. The van der Waals surface area contributed by atoms with E-state index in [2.05, 4.69) is 34.6 Å². The first-order valence-electron chi connectivity index (χ1n) is 6.21. The van der Waals surface area contributed by atoms with Crippen LogP contribution in [0.3, 0.4) is 0 Å². The summed E-state index contributed by atoms with van der Waals surface area (Å²) in [5.41, 5.74) is 0. The first-order valence-corrected chi connectivity index (χ1v) is 7.80. The van der Waals surface area contributed by atoms with E-state index in [0.29, 0.717) is 17.1 Å². The van der Waals surface area contributed by atoms with Gasteiger partial charge in [0.05, 0.1) is 0 Å². The molecule has 0 fully saturated rings. The van der Waals surface area contributed by atoms with Crippen LogP contribution in [0.15, 0.2) is 28.2 Å². The lowest BCUT2D eigenvalue weighted by Gasteiger charge is -2.06. The van der Waals surface area contributed by atoms with Gasteiger partial charge in [0.2, 0.25) is 17.1 Å². The van der Waals surface area contributed by atoms with E-state index in [4.69, 9.17) is 0 Å². The molecule has 0 radical (unpaired) electrons. The van der Waals surface area contributed by atoms with Crippen LogP contribution in [0.4, 0.5) is 5.95 Å². The number of aromatic nitrogens is 7. The molecule has 0 aromatic carbocycles. The molecule has 0 aliphatic rings. The summed E-state index contributed by atoms with van der Waals surface area (Å²) in [6.07, 6.45) is 5.11. The molecule has 0 aliphatic carbocycles. The van der Waals surface area contributed by atoms with Crippen molar-refractivity contribution in [2.24, 2.45) is 0 Å². The number of hydrogen-bond donors (Lipinski definition) is 1. The second-order valence-corrected chi connectivity index (χ2v) is 5.92. The second kappa shape index (κ2) is 6.14. The molecule has 3 heterocycles. The maximum Gasteiger partial charge on any atom is 0.240 e. The van der Waals surface area contributed by atoms with Crippen molar-refractivity contribution in [3.8, 4) is 5.95 Å². The van der Waals surface area contributed by atoms with Crippen LogP contribution in [0.2, 0.25) is 0 Å². The van der Waals surface area contributed by atoms with Crippen LogP contribution in [-0.2, 0) is 0 Å². The van der Waals surface area contributed by atoms with E-state index in [0.717, 1.165) is 16.7 Å². The molecule has 3 rings (SSSR count). The zero-order chi connectivity index (χ0) is 14.7. The number of hydrogen-bond acceptors (Lipinski definition) is 9. The van der Waals surface area contributed by atoms with Crippen molar-refractivity contribution in [3.63, 3.8) is 0 Å². The van der Waals surface area contributed by atoms with E-state index in [9.17, 15) is 0 Å². The Labute approximate surface area is 129 Å². The second-order valence-electron chi connectivity index (χ2n) is 3.95. The Morgan fingerprint density at radius 3 is 2.86 bits per heavy atom. The first kappa shape index (κ1) is 13.9. The zero-order valence-corrected chi connectivity index (χ0v) is 13.0. The van der Waals surface area contributed by atoms with Crippen molar-refractivity contribution < 1.29 is 0 Å². The van der Waals surface area contributed by atoms with Crippen LogP contribution in [-0.4, -0.2) is 40.4 Å².